The third-order valence-corrected chi connectivity index (χ3v) is 2.07. The van der Waals surface area contributed by atoms with E-state index >= 15 is 0 Å². The Morgan fingerprint density at radius 1 is 1.40 bits per heavy atom. The molecule has 84 valence electrons. The third kappa shape index (κ3) is 3.98. The number of benzene rings is 1. The number of nitrogens with two attached hydrogens (primary N) is 1. The molecule has 15 heavy (non-hydrogen) atoms. The summed E-state index contributed by atoms with van der Waals surface area (Å²) in [4.78, 5) is 0. The van der Waals surface area contributed by atoms with E-state index in [1.54, 1.807) is 13.2 Å². The number of halogens is 1. The molecule has 0 aliphatic carbocycles. The van der Waals surface area contributed by atoms with E-state index in [-0.39, 0.29) is 11.4 Å². The first-order valence-electron chi connectivity index (χ1n) is 4.97. The summed E-state index contributed by atoms with van der Waals surface area (Å²) in [6, 6.07) is 5.05. The molecule has 0 fully saturated rings. The molecule has 0 heterocycles. The topological polar surface area (TPSA) is 35.2 Å². The zero-order valence-corrected chi connectivity index (χ0v) is 9.51. The van der Waals surface area contributed by atoms with Gasteiger partial charge in [-0.15, -0.1) is 0 Å². The molecule has 0 saturated heterocycles. The highest BCUT2D eigenvalue weighted by molar-refractivity contribution is 5.26. The van der Waals surface area contributed by atoms with Gasteiger partial charge in [-0.3, -0.25) is 0 Å². The Morgan fingerprint density at radius 2 is 2.07 bits per heavy atom. The van der Waals surface area contributed by atoms with Crippen molar-refractivity contribution in [2.75, 3.05) is 7.11 Å². The fraction of sp³-hybridized carbons (Fsp3) is 0.500. The van der Waals surface area contributed by atoms with Gasteiger partial charge in [-0.1, -0.05) is 12.1 Å². The minimum absolute atomic E-state index is 0.226. The van der Waals surface area contributed by atoms with Gasteiger partial charge in [-0.2, -0.15) is 0 Å². The van der Waals surface area contributed by atoms with Crippen molar-refractivity contribution < 1.29 is 9.13 Å². The van der Waals surface area contributed by atoms with Crippen molar-refractivity contribution >= 4 is 0 Å². The Labute approximate surface area is 90.2 Å². The largest absolute Gasteiger partial charge is 0.380 e. The molecule has 1 aromatic rings. The molecule has 0 aliphatic heterocycles. The van der Waals surface area contributed by atoms with Gasteiger partial charge in [0.05, 0.1) is 6.61 Å². The number of ether oxygens (including phenoxy) is 1. The molecule has 0 atom stereocenters. The lowest BCUT2D eigenvalue weighted by molar-refractivity contribution is 0.181. The lowest BCUT2D eigenvalue weighted by Crippen LogP contribution is -2.34. The van der Waals surface area contributed by atoms with Gasteiger partial charge in [0.15, 0.2) is 0 Å². The SMILES string of the molecule is COCc1cc(CC(C)(C)N)ccc1F. The summed E-state index contributed by atoms with van der Waals surface area (Å²) in [5.74, 6) is -0.226. The first kappa shape index (κ1) is 12.1. The van der Waals surface area contributed by atoms with Crippen molar-refractivity contribution in [3.05, 3.63) is 35.1 Å². The highest BCUT2D eigenvalue weighted by atomic mass is 19.1. The van der Waals surface area contributed by atoms with E-state index in [1.165, 1.54) is 6.07 Å². The van der Waals surface area contributed by atoms with Crippen LogP contribution in [-0.2, 0) is 17.8 Å². The average molecular weight is 211 g/mol. The maximum atomic E-state index is 13.3. The smallest absolute Gasteiger partial charge is 0.128 e. The van der Waals surface area contributed by atoms with Crippen LogP contribution < -0.4 is 5.73 Å². The molecule has 1 aromatic carbocycles. The molecule has 0 saturated carbocycles. The van der Waals surface area contributed by atoms with Gasteiger partial charge < -0.3 is 10.5 Å². The predicted octanol–water partition coefficient (Wildman–Crippen LogP) is 2.25. The molecule has 0 radical (unpaired) electrons. The summed E-state index contributed by atoms with van der Waals surface area (Å²) in [7, 11) is 1.55. The van der Waals surface area contributed by atoms with Crippen molar-refractivity contribution in [1.29, 1.82) is 0 Å². The van der Waals surface area contributed by atoms with E-state index in [9.17, 15) is 4.39 Å². The highest BCUT2D eigenvalue weighted by Gasteiger charge is 2.12. The Kier molecular flexibility index (Phi) is 3.83. The molecule has 3 heteroatoms. The molecule has 1 rings (SSSR count). The Hall–Kier alpha value is -0.930. The molecule has 0 aromatic heterocycles. The van der Waals surface area contributed by atoms with Crippen LogP contribution in [0.5, 0.6) is 0 Å². The van der Waals surface area contributed by atoms with Crippen LogP contribution in [-0.4, -0.2) is 12.6 Å². The first-order valence-corrected chi connectivity index (χ1v) is 4.97. The first-order chi connectivity index (χ1) is 6.92. The van der Waals surface area contributed by atoms with Gasteiger partial charge in [0.2, 0.25) is 0 Å². The molecular formula is C12H18FNO. The molecule has 0 unspecified atom stereocenters. The van der Waals surface area contributed by atoms with Crippen molar-refractivity contribution in [3.63, 3.8) is 0 Å². The Balaban J connectivity index is 2.87. The fourth-order valence-corrected chi connectivity index (χ4v) is 1.53. The predicted molar refractivity (Wildman–Crippen MR) is 59.1 cm³/mol. The average Bonchev–Trinajstić information content (AvgIpc) is 2.09. The van der Waals surface area contributed by atoms with Crippen LogP contribution in [0, 0.1) is 5.82 Å². The number of hydrogen-bond acceptors (Lipinski definition) is 2. The van der Waals surface area contributed by atoms with E-state index in [0.29, 0.717) is 12.2 Å². The zero-order chi connectivity index (χ0) is 11.5. The number of hydrogen-bond donors (Lipinski definition) is 1. The fourth-order valence-electron chi connectivity index (χ4n) is 1.53. The monoisotopic (exact) mass is 211 g/mol. The second kappa shape index (κ2) is 4.73. The van der Waals surface area contributed by atoms with Crippen LogP contribution in [0.2, 0.25) is 0 Å². The second-order valence-corrected chi connectivity index (χ2v) is 4.52. The highest BCUT2D eigenvalue weighted by Crippen LogP contribution is 2.15. The number of rotatable bonds is 4. The van der Waals surface area contributed by atoms with Crippen LogP contribution in [0.4, 0.5) is 4.39 Å². The second-order valence-electron chi connectivity index (χ2n) is 4.52. The van der Waals surface area contributed by atoms with E-state index < -0.39 is 0 Å². The molecular weight excluding hydrogens is 193 g/mol. The minimum Gasteiger partial charge on any atom is -0.380 e. The van der Waals surface area contributed by atoms with E-state index in [0.717, 1.165) is 12.0 Å². The summed E-state index contributed by atoms with van der Waals surface area (Å²) >= 11 is 0. The van der Waals surface area contributed by atoms with Crippen LogP contribution in [0.1, 0.15) is 25.0 Å². The third-order valence-electron chi connectivity index (χ3n) is 2.07. The summed E-state index contributed by atoms with van der Waals surface area (Å²) in [5, 5.41) is 0. The van der Waals surface area contributed by atoms with Gasteiger partial charge in [-0.25, -0.2) is 4.39 Å². The molecule has 0 bridgehead atoms. The summed E-state index contributed by atoms with van der Waals surface area (Å²) in [5.41, 5.74) is 7.25. The van der Waals surface area contributed by atoms with Crippen molar-refractivity contribution in [1.82, 2.24) is 0 Å². The van der Waals surface area contributed by atoms with Crippen LogP contribution in [0.3, 0.4) is 0 Å². The van der Waals surface area contributed by atoms with Gasteiger partial charge in [0.25, 0.3) is 0 Å². The summed E-state index contributed by atoms with van der Waals surface area (Å²) in [6.07, 6.45) is 0.726. The Morgan fingerprint density at radius 3 is 2.60 bits per heavy atom. The molecule has 0 amide bonds. The summed E-state index contributed by atoms with van der Waals surface area (Å²) in [6.45, 7) is 4.20. The van der Waals surface area contributed by atoms with Crippen molar-refractivity contribution in [3.8, 4) is 0 Å². The maximum Gasteiger partial charge on any atom is 0.128 e. The van der Waals surface area contributed by atoms with Crippen molar-refractivity contribution in [2.24, 2.45) is 5.73 Å². The standard InChI is InChI=1S/C12H18FNO/c1-12(2,14)7-9-4-5-11(13)10(6-9)8-15-3/h4-6H,7-8,14H2,1-3H3. The Bertz CT molecular complexity index is 331. The molecule has 2 N–H and O–H groups in total. The van der Waals surface area contributed by atoms with Gasteiger partial charge in [0, 0.05) is 18.2 Å². The van der Waals surface area contributed by atoms with Gasteiger partial charge in [-0.05, 0) is 31.9 Å². The number of methoxy groups -OCH3 is 1. The van der Waals surface area contributed by atoms with E-state index in [2.05, 4.69) is 0 Å². The minimum atomic E-state index is -0.276. The van der Waals surface area contributed by atoms with Gasteiger partial charge >= 0.3 is 0 Å². The maximum absolute atomic E-state index is 13.3. The molecule has 0 spiro atoms. The van der Waals surface area contributed by atoms with E-state index in [4.69, 9.17) is 10.5 Å². The molecule has 0 aliphatic rings. The zero-order valence-electron chi connectivity index (χ0n) is 9.51. The normalized spacial score (nSPS) is 11.8. The lowest BCUT2D eigenvalue weighted by Gasteiger charge is -2.18. The molecule has 2 nitrogen and oxygen atoms in total. The summed E-state index contributed by atoms with van der Waals surface area (Å²) < 4.78 is 18.2. The van der Waals surface area contributed by atoms with Gasteiger partial charge in [0.1, 0.15) is 5.82 Å². The van der Waals surface area contributed by atoms with Crippen LogP contribution in [0.25, 0.3) is 0 Å². The van der Waals surface area contributed by atoms with E-state index in [1.807, 2.05) is 19.9 Å². The van der Waals surface area contributed by atoms with Crippen LogP contribution in [0.15, 0.2) is 18.2 Å². The van der Waals surface area contributed by atoms with Crippen molar-refractivity contribution in [2.45, 2.75) is 32.4 Å². The quantitative estimate of drug-likeness (QED) is 0.829. The lowest BCUT2D eigenvalue weighted by atomic mass is 9.95. The van der Waals surface area contributed by atoms with Crippen LogP contribution >= 0.6 is 0 Å².